The van der Waals surface area contributed by atoms with Gasteiger partial charge in [0.2, 0.25) is 0 Å². The van der Waals surface area contributed by atoms with Gasteiger partial charge in [-0.15, -0.1) is 0 Å². The summed E-state index contributed by atoms with van der Waals surface area (Å²) in [4.78, 5) is 13.3. The number of pyridine rings is 1. The lowest BCUT2D eigenvalue weighted by Crippen LogP contribution is -2.29. The molecule has 1 saturated heterocycles. The minimum Gasteiger partial charge on any atom is -0.495 e. The molecule has 0 spiro atoms. The van der Waals surface area contributed by atoms with E-state index in [4.69, 9.17) is 32.9 Å². The molecule has 9 heteroatoms. The molecule has 3 aromatic rings. The van der Waals surface area contributed by atoms with Gasteiger partial charge in [-0.2, -0.15) is 0 Å². The summed E-state index contributed by atoms with van der Waals surface area (Å²) in [7, 11) is 1.62. The third-order valence-corrected chi connectivity index (χ3v) is 5.58. The fourth-order valence-corrected chi connectivity index (χ4v) is 3.68. The van der Waals surface area contributed by atoms with Crippen molar-refractivity contribution in [1.29, 1.82) is 0 Å². The van der Waals surface area contributed by atoms with E-state index in [1.54, 1.807) is 7.11 Å². The third kappa shape index (κ3) is 3.57. The first-order chi connectivity index (χ1) is 13.6. The van der Waals surface area contributed by atoms with Gasteiger partial charge >= 0.3 is 0 Å². The van der Waals surface area contributed by atoms with Crippen molar-refractivity contribution >= 4 is 45.7 Å². The number of piperidine rings is 1. The number of halogens is 3. The smallest absolute Gasteiger partial charge is 0.166 e. The van der Waals surface area contributed by atoms with Gasteiger partial charge in [-0.3, -0.25) is 0 Å². The Morgan fingerprint density at radius 1 is 1.29 bits per heavy atom. The molecule has 2 N–H and O–H groups in total. The van der Waals surface area contributed by atoms with Crippen molar-refractivity contribution < 1.29 is 9.13 Å². The molecule has 0 amide bonds. The van der Waals surface area contributed by atoms with E-state index < -0.39 is 5.82 Å². The minimum absolute atomic E-state index is 0.145. The molecule has 146 valence electrons. The first-order valence-corrected chi connectivity index (χ1v) is 9.65. The number of methoxy groups -OCH3 is 1. The van der Waals surface area contributed by atoms with Gasteiger partial charge in [0.1, 0.15) is 17.6 Å². The Bertz CT molecular complexity index is 1030. The van der Waals surface area contributed by atoms with Crippen molar-refractivity contribution in [3.05, 3.63) is 46.1 Å². The van der Waals surface area contributed by atoms with Crippen LogP contribution in [0, 0.1) is 5.82 Å². The molecule has 6 nitrogen and oxygen atoms in total. The van der Waals surface area contributed by atoms with Crippen LogP contribution in [0.3, 0.4) is 0 Å². The Labute approximate surface area is 171 Å². The standard InChI is InChI=1S/C19H18Cl2FN5O/c1-28-14-7-13-18(27-17(14)10-3-2-6-23-8-10)19(25-9-24-13)26-12-5-4-11(20)15(21)16(12)22/h4-5,7,9-10,23H,2-3,6,8H2,1H3,(H,24,25,26)/t10-/m1/s1. The minimum atomic E-state index is -0.647. The van der Waals surface area contributed by atoms with E-state index in [1.165, 1.54) is 18.5 Å². The molecule has 1 aliphatic rings. The molecule has 1 aliphatic heterocycles. The van der Waals surface area contributed by atoms with Crippen LogP contribution in [0.1, 0.15) is 24.5 Å². The number of ether oxygens (including phenoxy) is 1. The first kappa shape index (κ1) is 19.1. The van der Waals surface area contributed by atoms with Gasteiger partial charge in [0, 0.05) is 18.5 Å². The maximum absolute atomic E-state index is 14.5. The zero-order valence-corrected chi connectivity index (χ0v) is 16.6. The van der Waals surface area contributed by atoms with Crippen LogP contribution in [0.5, 0.6) is 5.75 Å². The lowest BCUT2D eigenvalue weighted by Gasteiger charge is -2.24. The number of rotatable bonds is 4. The number of aromatic nitrogens is 3. The van der Waals surface area contributed by atoms with E-state index in [0.29, 0.717) is 22.6 Å². The Balaban J connectivity index is 1.80. The van der Waals surface area contributed by atoms with Gasteiger partial charge in [-0.25, -0.2) is 19.3 Å². The second-order valence-electron chi connectivity index (χ2n) is 6.56. The third-order valence-electron chi connectivity index (χ3n) is 4.79. The van der Waals surface area contributed by atoms with E-state index in [2.05, 4.69) is 20.6 Å². The molecule has 0 unspecified atom stereocenters. The van der Waals surface area contributed by atoms with Crippen molar-refractivity contribution in [3.63, 3.8) is 0 Å². The maximum atomic E-state index is 14.5. The Kier molecular flexibility index (Phi) is 5.48. The molecule has 2 aromatic heterocycles. The van der Waals surface area contributed by atoms with Crippen LogP contribution in [0.2, 0.25) is 10.0 Å². The lowest BCUT2D eigenvalue weighted by molar-refractivity contribution is 0.387. The molecular weight excluding hydrogens is 404 g/mol. The molecule has 28 heavy (non-hydrogen) atoms. The Morgan fingerprint density at radius 3 is 2.89 bits per heavy atom. The number of nitrogens with one attached hydrogen (secondary N) is 2. The average molecular weight is 422 g/mol. The van der Waals surface area contributed by atoms with E-state index in [-0.39, 0.29) is 21.7 Å². The summed E-state index contributed by atoms with van der Waals surface area (Å²) < 4.78 is 20.0. The number of anilines is 2. The van der Waals surface area contributed by atoms with Crippen LogP contribution in [-0.4, -0.2) is 35.2 Å². The Morgan fingerprint density at radius 2 is 2.14 bits per heavy atom. The Hall–Kier alpha value is -2.22. The van der Waals surface area contributed by atoms with Gasteiger partial charge in [-0.05, 0) is 31.5 Å². The molecule has 0 radical (unpaired) electrons. The van der Waals surface area contributed by atoms with Crippen molar-refractivity contribution in [3.8, 4) is 5.75 Å². The summed E-state index contributed by atoms with van der Waals surface area (Å²) in [6, 6.07) is 4.87. The predicted octanol–water partition coefficient (Wildman–Crippen LogP) is 4.69. The predicted molar refractivity (Wildman–Crippen MR) is 108 cm³/mol. The van der Waals surface area contributed by atoms with Gasteiger partial charge in [0.25, 0.3) is 0 Å². The second kappa shape index (κ2) is 8.03. The molecule has 0 aliphatic carbocycles. The maximum Gasteiger partial charge on any atom is 0.166 e. The summed E-state index contributed by atoms with van der Waals surface area (Å²) in [6.07, 6.45) is 3.47. The number of nitrogens with zero attached hydrogens (tertiary/aromatic N) is 3. The molecular formula is C19H18Cl2FN5O. The van der Waals surface area contributed by atoms with Crippen LogP contribution in [-0.2, 0) is 0 Å². The summed E-state index contributed by atoms with van der Waals surface area (Å²) >= 11 is 11.8. The molecule has 3 heterocycles. The van der Waals surface area contributed by atoms with E-state index in [1.807, 2.05) is 6.07 Å². The molecule has 1 atom stereocenters. The van der Waals surface area contributed by atoms with Crippen molar-refractivity contribution in [2.45, 2.75) is 18.8 Å². The van der Waals surface area contributed by atoms with E-state index in [0.717, 1.165) is 31.6 Å². The molecule has 1 fully saturated rings. The van der Waals surface area contributed by atoms with Crippen LogP contribution in [0.4, 0.5) is 15.9 Å². The first-order valence-electron chi connectivity index (χ1n) is 8.89. The SMILES string of the molecule is COc1cc2ncnc(Nc3ccc(Cl)c(Cl)c3F)c2nc1[C@@H]1CCCNC1. The monoisotopic (exact) mass is 421 g/mol. The van der Waals surface area contributed by atoms with Crippen molar-refractivity contribution in [2.24, 2.45) is 0 Å². The topological polar surface area (TPSA) is 72.0 Å². The summed E-state index contributed by atoms with van der Waals surface area (Å²) in [6.45, 7) is 1.83. The van der Waals surface area contributed by atoms with E-state index >= 15 is 0 Å². The molecule has 1 aromatic carbocycles. The average Bonchev–Trinajstić information content (AvgIpc) is 2.74. The van der Waals surface area contributed by atoms with Crippen molar-refractivity contribution in [2.75, 3.05) is 25.5 Å². The zero-order chi connectivity index (χ0) is 19.7. The van der Waals surface area contributed by atoms with Crippen molar-refractivity contribution in [1.82, 2.24) is 20.3 Å². The van der Waals surface area contributed by atoms with Crippen LogP contribution in [0.15, 0.2) is 24.5 Å². The summed E-state index contributed by atoms with van der Waals surface area (Å²) in [5, 5.41) is 6.35. The normalized spacial score (nSPS) is 16.9. The van der Waals surface area contributed by atoms with Gasteiger partial charge < -0.3 is 15.4 Å². The van der Waals surface area contributed by atoms with Crippen LogP contribution in [0.25, 0.3) is 11.0 Å². The van der Waals surface area contributed by atoms with Crippen LogP contribution >= 0.6 is 23.2 Å². The fraction of sp³-hybridized carbons (Fsp3) is 0.316. The number of hydrogen-bond acceptors (Lipinski definition) is 6. The summed E-state index contributed by atoms with van der Waals surface area (Å²) in [5.74, 6) is 0.649. The van der Waals surface area contributed by atoms with Gasteiger partial charge in [-0.1, -0.05) is 23.2 Å². The largest absolute Gasteiger partial charge is 0.495 e. The molecule has 4 rings (SSSR count). The number of benzene rings is 1. The molecule has 0 bridgehead atoms. The van der Waals surface area contributed by atoms with Gasteiger partial charge in [0.05, 0.1) is 34.1 Å². The van der Waals surface area contributed by atoms with Gasteiger partial charge in [0.15, 0.2) is 11.6 Å². The lowest BCUT2D eigenvalue weighted by atomic mass is 9.95. The highest BCUT2D eigenvalue weighted by molar-refractivity contribution is 6.42. The second-order valence-corrected chi connectivity index (χ2v) is 7.34. The fourth-order valence-electron chi connectivity index (χ4n) is 3.36. The number of fused-ring (bicyclic) bond motifs is 1. The zero-order valence-electron chi connectivity index (χ0n) is 15.1. The highest BCUT2D eigenvalue weighted by Crippen LogP contribution is 2.35. The molecule has 0 saturated carbocycles. The van der Waals surface area contributed by atoms with Crippen LogP contribution < -0.4 is 15.4 Å². The number of hydrogen-bond donors (Lipinski definition) is 2. The highest BCUT2D eigenvalue weighted by Gasteiger charge is 2.23. The summed E-state index contributed by atoms with van der Waals surface area (Å²) in [5.41, 5.74) is 2.14. The highest BCUT2D eigenvalue weighted by atomic mass is 35.5. The quantitative estimate of drug-likeness (QED) is 0.595. The van der Waals surface area contributed by atoms with E-state index in [9.17, 15) is 4.39 Å².